The quantitative estimate of drug-likeness (QED) is 0.403. The minimum absolute atomic E-state index is 0.0566. The van der Waals surface area contributed by atoms with Gasteiger partial charge in [0.15, 0.2) is 11.5 Å². The van der Waals surface area contributed by atoms with E-state index in [0.29, 0.717) is 36.8 Å². The predicted molar refractivity (Wildman–Crippen MR) is 94.9 cm³/mol. The number of carbonyl (C=O) groups is 1. The fourth-order valence-corrected chi connectivity index (χ4v) is 2.05. The number of benzene rings is 1. The lowest BCUT2D eigenvalue weighted by atomic mass is 10.1. The number of ether oxygens (including phenoxy) is 2. The van der Waals surface area contributed by atoms with E-state index in [0.717, 1.165) is 19.3 Å². The monoisotopic (exact) mass is 330 g/mol. The molecule has 0 unspecified atom stereocenters. The van der Waals surface area contributed by atoms with Crippen LogP contribution in [0.25, 0.3) is 6.08 Å². The molecule has 24 heavy (non-hydrogen) atoms. The van der Waals surface area contributed by atoms with Gasteiger partial charge in [-0.25, -0.2) is 0 Å². The first-order chi connectivity index (χ1) is 11.7. The highest BCUT2D eigenvalue weighted by atomic mass is 16.5. The molecule has 0 aliphatic rings. The smallest absolute Gasteiger partial charge is 0.261 e. The van der Waals surface area contributed by atoms with Crippen molar-refractivity contribution in [3.8, 4) is 17.6 Å². The van der Waals surface area contributed by atoms with Gasteiger partial charge in [-0.2, -0.15) is 5.26 Å². The Kier molecular flexibility index (Phi) is 9.06. The first-order valence-electron chi connectivity index (χ1n) is 8.46. The minimum atomic E-state index is -0.366. The summed E-state index contributed by atoms with van der Waals surface area (Å²) in [5.41, 5.74) is 0.720. The Bertz CT molecular complexity index is 603. The van der Waals surface area contributed by atoms with E-state index in [9.17, 15) is 10.1 Å². The molecule has 0 aromatic heterocycles. The molecule has 0 aliphatic heterocycles. The zero-order chi connectivity index (χ0) is 17.8. The predicted octanol–water partition coefficient (Wildman–Crippen LogP) is 3.70. The number of hydrogen-bond donors (Lipinski definition) is 1. The van der Waals surface area contributed by atoms with E-state index < -0.39 is 0 Å². The summed E-state index contributed by atoms with van der Waals surface area (Å²) in [5, 5.41) is 12.1. The summed E-state index contributed by atoms with van der Waals surface area (Å²) in [7, 11) is 0. The van der Waals surface area contributed by atoms with Crippen LogP contribution in [0.1, 0.15) is 45.6 Å². The van der Waals surface area contributed by atoms with Crippen molar-refractivity contribution in [1.29, 1.82) is 5.26 Å². The lowest BCUT2D eigenvalue weighted by Crippen LogP contribution is -2.25. The maximum absolute atomic E-state index is 12.1. The molecule has 0 spiro atoms. The molecule has 130 valence electrons. The van der Waals surface area contributed by atoms with E-state index in [4.69, 9.17) is 9.47 Å². The largest absolute Gasteiger partial charge is 0.490 e. The minimum Gasteiger partial charge on any atom is -0.490 e. The van der Waals surface area contributed by atoms with Crippen molar-refractivity contribution in [1.82, 2.24) is 5.32 Å². The Balaban J connectivity index is 3.10. The third-order valence-corrected chi connectivity index (χ3v) is 3.24. The van der Waals surface area contributed by atoms with Crippen LogP contribution >= 0.6 is 0 Å². The molecule has 0 atom stereocenters. The average molecular weight is 330 g/mol. The van der Waals surface area contributed by atoms with E-state index in [1.54, 1.807) is 6.08 Å². The number of hydrogen-bond acceptors (Lipinski definition) is 4. The number of para-hydroxylation sites is 1. The Hall–Kier alpha value is -2.48. The average Bonchev–Trinajstić information content (AvgIpc) is 2.59. The van der Waals surface area contributed by atoms with Crippen molar-refractivity contribution in [2.45, 2.75) is 40.0 Å². The van der Waals surface area contributed by atoms with Crippen molar-refractivity contribution < 1.29 is 14.3 Å². The molecule has 0 aliphatic carbocycles. The molecule has 0 fully saturated rings. The van der Waals surface area contributed by atoms with Crippen molar-refractivity contribution in [2.75, 3.05) is 19.8 Å². The van der Waals surface area contributed by atoms with Gasteiger partial charge in [0, 0.05) is 12.1 Å². The van der Waals surface area contributed by atoms with Crippen molar-refractivity contribution in [3.63, 3.8) is 0 Å². The molecule has 1 N–H and O–H groups in total. The lowest BCUT2D eigenvalue weighted by molar-refractivity contribution is -0.117. The van der Waals surface area contributed by atoms with Gasteiger partial charge in [0.1, 0.15) is 11.6 Å². The number of nitrogens with zero attached hydrogens (tertiary/aromatic N) is 1. The van der Waals surface area contributed by atoms with E-state index in [-0.39, 0.29) is 11.5 Å². The standard InChI is InChI=1S/C19H26N2O3/c1-4-7-11-21-19(22)16(14-20)13-15-9-8-10-17(23-6-3)18(15)24-12-5-2/h8-10,13H,4-7,11-12H2,1-3H3,(H,21,22)/b16-13+. The third kappa shape index (κ3) is 5.96. The maximum atomic E-state index is 12.1. The van der Waals surface area contributed by atoms with Gasteiger partial charge < -0.3 is 14.8 Å². The highest BCUT2D eigenvalue weighted by Gasteiger charge is 2.13. The number of carbonyl (C=O) groups excluding carboxylic acids is 1. The molecule has 5 nitrogen and oxygen atoms in total. The number of nitrogens with one attached hydrogen (secondary N) is 1. The summed E-state index contributed by atoms with van der Waals surface area (Å²) in [6, 6.07) is 7.41. The molecule has 1 aromatic carbocycles. The molecule has 0 radical (unpaired) electrons. The highest BCUT2D eigenvalue weighted by Crippen LogP contribution is 2.33. The van der Waals surface area contributed by atoms with Crippen LogP contribution in [0, 0.1) is 11.3 Å². The van der Waals surface area contributed by atoms with Gasteiger partial charge in [0.05, 0.1) is 13.2 Å². The van der Waals surface area contributed by atoms with Gasteiger partial charge in [-0.1, -0.05) is 32.4 Å². The number of rotatable bonds is 10. The van der Waals surface area contributed by atoms with Crippen LogP contribution in [0.4, 0.5) is 0 Å². The summed E-state index contributed by atoms with van der Waals surface area (Å²) >= 11 is 0. The zero-order valence-corrected chi connectivity index (χ0v) is 14.7. The van der Waals surface area contributed by atoms with Crippen LogP contribution in [0.2, 0.25) is 0 Å². The van der Waals surface area contributed by atoms with E-state index in [1.807, 2.05) is 45.0 Å². The summed E-state index contributed by atoms with van der Waals surface area (Å²) in [6.45, 7) is 7.57. The zero-order valence-electron chi connectivity index (χ0n) is 14.7. The van der Waals surface area contributed by atoms with Gasteiger partial charge in [-0.3, -0.25) is 4.79 Å². The van der Waals surface area contributed by atoms with Crippen LogP contribution < -0.4 is 14.8 Å². The summed E-state index contributed by atoms with van der Waals surface area (Å²) < 4.78 is 11.4. The molecule has 0 saturated heterocycles. The highest BCUT2D eigenvalue weighted by molar-refractivity contribution is 6.02. The van der Waals surface area contributed by atoms with Gasteiger partial charge in [-0.05, 0) is 31.9 Å². The molecule has 0 bridgehead atoms. The van der Waals surface area contributed by atoms with Crippen LogP contribution in [-0.2, 0) is 4.79 Å². The second kappa shape index (κ2) is 11.1. The van der Waals surface area contributed by atoms with E-state index in [2.05, 4.69) is 5.32 Å². The Morgan fingerprint density at radius 1 is 1.25 bits per heavy atom. The maximum Gasteiger partial charge on any atom is 0.261 e. The van der Waals surface area contributed by atoms with Crippen LogP contribution in [0.3, 0.4) is 0 Å². The number of nitriles is 1. The van der Waals surface area contributed by atoms with E-state index in [1.165, 1.54) is 0 Å². The normalized spacial score (nSPS) is 10.8. The van der Waals surface area contributed by atoms with Gasteiger partial charge >= 0.3 is 0 Å². The van der Waals surface area contributed by atoms with Crippen LogP contribution in [-0.4, -0.2) is 25.7 Å². The SMILES string of the molecule is CCCCNC(=O)/C(C#N)=C/c1cccc(OCC)c1OCCC. The van der Waals surface area contributed by atoms with Crippen LogP contribution in [0.5, 0.6) is 11.5 Å². The van der Waals surface area contributed by atoms with Crippen molar-refractivity contribution in [3.05, 3.63) is 29.3 Å². The summed E-state index contributed by atoms with van der Waals surface area (Å²) in [6.07, 6.45) is 4.27. The summed E-state index contributed by atoms with van der Waals surface area (Å²) in [5.74, 6) is 0.813. The van der Waals surface area contributed by atoms with Gasteiger partial charge in [-0.15, -0.1) is 0 Å². The molecule has 1 aromatic rings. The molecule has 0 heterocycles. The van der Waals surface area contributed by atoms with Crippen molar-refractivity contribution >= 4 is 12.0 Å². The first kappa shape index (κ1) is 19.6. The second-order valence-corrected chi connectivity index (χ2v) is 5.24. The van der Waals surface area contributed by atoms with Gasteiger partial charge in [0.25, 0.3) is 5.91 Å². The fraction of sp³-hybridized carbons (Fsp3) is 0.474. The topological polar surface area (TPSA) is 71.4 Å². The van der Waals surface area contributed by atoms with Crippen molar-refractivity contribution in [2.24, 2.45) is 0 Å². The number of unbranched alkanes of at least 4 members (excludes halogenated alkanes) is 1. The Morgan fingerprint density at radius 2 is 2.04 bits per heavy atom. The number of amides is 1. The molecular formula is C19H26N2O3. The fourth-order valence-electron chi connectivity index (χ4n) is 2.05. The second-order valence-electron chi connectivity index (χ2n) is 5.24. The first-order valence-corrected chi connectivity index (χ1v) is 8.46. The van der Waals surface area contributed by atoms with Crippen LogP contribution in [0.15, 0.2) is 23.8 Å². The van der Waals surface area contributed by atoms with Gasteiger partial charge in [0.2, 0.25) is 0 Å². The molecule has 5 heteroatoms. The summed E-state index contributed by atoms with van der Waals surface area (Å²) in [4.78, 5) is 12.1. The molecule has 1 amide bonds. The molecule has 0 saturated carbocycles. The lowest BCUT2D eigenvalue weighted by Gasteiger charge is -2.14. The third-order valence-electron chi connectivity index (χ3n) is 3.24. The molecule has 1 rings (SSSR count). The molecular weight excluding hydrogens is 304 g/mol. The van der Waals surface area contributed by atoms with E-state index >= 15 is 0 Å². The Morgan fingerprint density at radius 3 is 2.67 bits per heavy atom. The Labute approximate surface area is 144 Å².